The minimum absolute atomic E-state index is 0.0874. The van der Waals surface area contributed by atoms with Crippen molar-refractivity contribution in [2.45, 2.75) is 12.7 Å². The number of rotatable bonds is 8. The highest BCUT2D eigenvalue weighted by atomic mass is 35.5. The van der Waals surface area contributed by atoms with E-state index in [-0.39, 0.29) is 12.3 Å². The molecule has 0 bridgehead atoms. The summed E-state index contributed by atoms with van der Waals surface area (Å²) in [6.07, 6.45) is 0. The van der Waals surface area contributed by atoms with E-state index in [4.69, 9.17) is 11.6 Å². The maximum absolute atomic E-state index is 12.1. The summed E-state index contributed by atoms with van der Waals surface area (Å²) < 4.78 is 26.7. The molecule has 1 heterocycles. The first-order valence-corrected chi connectivity index (χ1v) is 9.77. The Morgan fingerprint density at radius 2 is 1.80 bits per heavy atom. The van der Waals surface area contributed by atoms with Gasteiger partial charge in [0.1, 0.15) is 5.82 Å². The van der Waals surface area contributed by atoms with Gasteiger partial charge in [-0.25, -0.2) is 18.1 Å². The fourth-order valence-corrected chi connectivity index (χ4v) is 3.36. The fourth-order valence-electron chi connectivity index (χ4n) is 2.09. The highest BCUT2D eigenvalue weighted by Crippen LogP contribution is 2.12. The van der Waals surface area contributed by atoms with Gasteiger partial charge in [-0.3, -0.25) is 0 Å². The van der Waals surface area contributed by atoms with Crippen molar-refractivity contribution in [1.82, 2.24) is 14.7 Å². The lowest BCUT2D eigenvalue weighted by molar-refractivity contribution is 0.582. The van der Waals surface area contributed by atoms with Gasteiger partial charge in [0.25, 0.3) is 0 Å². The Balaban J connectivity index is 1.85. The van der Waals surface area contributed by atoms with Gasteiger partial charge in [0.2, 0.25) is 16.0 Å². The van der Waals surface area contributed by atoms with Crippen LogP contribution in [0.25, 0.3) is 0 Å². The van der Waals surface area contributed by atoms with E-state index in [1.165, 1.54) is 0 Å². The van der Waals surface area contributed by atoms with E-state index < -0.39 is 10.0 Å². The van der Waals surface area contributed by atoms with Crippen LogP contribution in [0.2, 0.25) is 5.02 Å². The molecular weight excluding hydrogens is 362 g/mol. The minimum atomic E-state index is -3.41. The van der Waals surface area contributed by atoms with Crippen LogP contribution < -0.4 is 14.9 Å². The average molecular weight is 384 g/mol. The van der Waals surface area contributed by atoms with Crippen molar-refractivity contribution in [2.24, 2.45) is 0 Å². The Morgan fingerprint density at radius 3 is 2.44 bits per heavy atom. The summed E-state index contributed by atoms with van der Waals surface area (Å²) in [7, 11) is 0.385. The van der Waals surface area contributed by atoms with E-state index in [9.17, 15) is 8.42 Å². The summed E-state index contributed by atoms with van der Waals surface area (Å²) in [4.78, 5) is 10.5. The molecule has 0 saturated heterocycles. The molecule has 0 amide bonds. The summed E-state index contributed by atoms with van der Waals surface area (Å²) in [5.74, 6) is 1.18. The molecule has 1 aromatic carbocycles. The lowest BCUT2D eigenvalue weighted by Crippen LogP contribution is -2.30. The topological polar surface area (TPSA) is 87.2 Å². The number of hydrogen-bond donors (Lipinski definition) is 2. The van der Waals surface area contributed by atoms with Crippen LogP contribution in [-0.2, 0) is 15.8 Å². The zero-order chi connectivity index (χ0) is 18.4. The van der Waals surface area contributed by atoms with Crippen molar-refractivity contribution in [3.8, 4) is 0 Å². The standard InChI is InChI=1S/C16H22ClN5O2S/c1-12-10-15(22(2)3)21-16(20-12)18-8-9-19-25(23,24)11-13-4-6-14(17)7-5-13/h4-7,10,19H,8-9,11H2,1-3H3,(H,18,20,21). The maximum atomic E-state index is 12.1. The second kappa shape index (κ2) is 8.46. The number of hydrogen-bond acceptors (Lipinski definition) is 6. The van der Waals surface area contributed by atoms with Crippen LogP contribution in [0.5, 0.6) is 0 Å². The number of aryl methyl sites for hydroxylation is 1. The number of aromatic nitrogens is 2. The maximum Gasteiger partial charge on any atom is 0.224 e. The third kappa shape index (κ3) is 6.49. The molecule has 0 saturated carbocycles. The van der Waals surface area contributed by atoms with Crippen LogP contribution in [0, 0.1) is 6.92 Å². The third-order valence-electron chi connectivity index (χ3n) is 3.30. The Labute approximate surface area is 153 Å². The van der Waals surface area contributed by atoms with Crippen LogP contribution in [0.3, 0.4) is 0 Å². The highest BCUT2D eigenvalue weighted by Gasteiger charge is 2.11. The van der Waals surface area contributed by atoms with Gasteiger partial charge < -0.3 is 10.2 Å². The van der Waals surface area contributed by atoms with E-state index in [1.807, 2.05) is 32.0 Å². The molecule has 0 aliphatic heterocycles. The zero-order valence-corrected chi connectivity index (χ0v) is 16.0. The van der Waals surface area contributed by atoms with E-state index in [1.54, 1.807) is 24.3 Å². The predicted octanol–water partition coefficient (Wildman–Crippen LogP) is 2.04. The molecule has 2 aromatic rings. The van der Waals surface area contributed by atoms with Gasteiger partial charge in [0, 0.05) is 44.0 Å². The van der Waals surface area contributed by atoms with Crippen LogP contribution in [0.1, 0.15) is 11.3 Å². The second-order valence-corrected chi connectivity index (χ2v) is 8.04. The van der Waals surface area contributed by atoms with Crippen LogP contribution >= 0.6 is 11.6 Å². The van der Waals surface area contributed by atoms with Crippen LogP contribution in [0.4, 0.5) is 11.8 Å². The average Bonchev–Trinajstić information content (AvgIpc) is 2.53. The van der Waals surface area contributed by atoms with E-state index in [0.717, 1.165) is 11.5 Å². The Bertz CT molecular complexity index is 810. The molecule has 2 N–H and O–H groups in total. The van der Waals surface area contributed by atoms with Gasteiger partial charge in [-0.15, -0.1) is 0 Å². The third-order valence-corrected chi connectivity index (χ3v) is 4.91. The molecule has 0 spiro atoms. The molecule has 0 radical (unpaired) electrons. The number of nitrogens with one attached hydrogen (secondary N) is 2. The summed E-state index contributed by atoms with van der Waals surface area (Å²) in [5, 5.41) is 3.61. The lowest BCUT2D eigenvalue weighted by atomic mass is 10.2. The van der Waals surface area contributed by atoms with Gasteiger partial charge in [-0.2, -0.15) is 4.98 Å². The second-order valence-electron chi connectivity index (χ2n) is 5.79. The Hall–Kier alpha value is -1.90. The number of sulfonamides is 1. The van der Waals surface area contributed by atoms with E-state index in [2.05, 4.69) is 20.0 Å². The molecular formula is C16H22ClN5O2S. The molecule has 0 unspecified atom stereocenters. The van der Waals surface area contributed by atoms with E-state index in [0.29, 0.717) is 23.1 Å². The van der Waals surface area contributed by atoms with E-state index >= 15 is 0 Å². The summed E-state index contributed by atoms with van der Waals surface area (Å²) in [5.41, 5.74) is 1.52. The molecule has 136 valence electrons. The zero-order valence-electron chi connectivity index (χ0n) is 14.5. The largest absolute Gasteiger partial charge is 0.363 e. The van der Waals surface area contributed by atoms with Crippen molar-refractivity contribution in [3.05, 3.63) is 46.6 Å². The SMILES string of the molecule is Cc1cc(N(C)C)nc(NCCNS(=O)(=O)Cc2ccc(Cl)cc2)n1. The van der Waals surface area contributed by atoms with Gasteiger partial charge in [-0.1, -0.05) is 23.7 Å². The predicted molar refractivity (Wildman–Crippen MR) is 102 cm³/mol. The molecule has 25 heavy (non-hydrogen) atoms. The van der Waals surface area contributed by atoms with Gasteiger partial charge in [0.15, 0.2) is 0 Å². The lowest BCUT2D eigenvalue weighted by Gasteiger charge is -2.14. The summed E-state index contributed by atoms with van der Waals surface area (Å²) in [6.45, 7) is 2.51. The smallest absolute Gasteiger partial charge is 0.224 e. The molecule has 2 rings (SSSR count). The molecule has 0 aliphatic carbocycles. The van der Waals surface area contributed by atoms with Gasteiger partial charge >= 0.3 is 0 Å². The first-order chi connectivity index (χ1) is 11.7. The molecule has 0 atom stereocenters. The minimum Gasteiger partial charge on any atom is -0.363 e. The first kappa shape index (κ1) is 19.4. The van der Waals surface area contributed by atoms with Crippen LogP contribution in [-0.4, -0.2) is 45.6 Å². The van der Waals surface area contributed by atoms with Gasteiger partial charge in [-0.05, 0) is 24.6 Å². The normalized spacial score (nSPS) is 11.4. The Kier molecular flexibility index (Phi) is 6.57. The number of anilines is 2. The highest BCUT2D eigenvalue weighted by molar-refractivity contribution is 7.88. The van der Waals surface area contributed by atoms with Crippen LogP contribution in [0.15, 0.2) is 30.3 Å². The number of nitrogens with zero attached hydrogens (tertiary/aromatic N) is 3. The fraction of sp³-hybridized carbons (Fsp3) is 0.375. The number of benzene rings is 1. The monoisotopic (exact) mass is 383 g/mol. The first-order valence-electron chi connectivity index (χ1n) is 7.74. The van der Waals surface area contributed by atoms with Crippen molar-refractivity contribution in [1.29, 1.82) is 0 Å². The quantitative estimate of drug-likeness (QED) is 0.678. The Morgan fingerprint density at radius 1 is 1.12 bits per heavy atom. The van der Waals surface area contributed by atoms with Crippen molar-refractivity contribution in [2.75, 3.05) is 37.4 Å². The molecule has 0 fully saturated rings. The van der Waals surface area contributed by atoms with Crippen molar-refractivity contribution in [3.63, 3.8) is 0 Å². The summed E-state index contributed by atoms with van der Waals surface area (Å²) in [6, 6.07) is 8.61. The van der Waals surface area contributed by atoms with Crippen molar-refractivity contribution < 1.29 is 8.42 Å². The number of halogens is 1. The summed E-state index contributed by atoms with van der Waals surface area (Å²) >= 11 is 5.80. The van der Waals surface area contributed by atoms with Gasteiger partial charge in [0.05, 0.1) is 5.75 Å². The molecule has 1 aromatic heterocycles. The van der Waals surface area contributed by atoms with Crippen molar-refractivity contribution >= 4 is 33.4 Å². The molecule has 7 nitrogen and oxygen atoms in total. The molecule has 9 heteroatoms. The molecule has 0 aliphatic rings.